The van der Waals surface area contributed by atoms with Crippen LogP contribution in [-0.2, 0) is 20.9 Å². The Morgan fingerprint density at radius 3 is 2.35 bits per heavy atom. The molecule has 0 N–H and O–H groups in total. The highest BCUT2D eigenvalue weighted by atomic mass is 35.5. The molecule has 0 aliphatic heterocycles. The highest BCUT2D eigenvalue weighted by Gasteiger charge is 2.18. The topological polar surface area (TPSA) is 46.6 Å². The van der Waals surface area contributed by atoms with Crippen molar-refractivity contribution in [1.29, 1.82) is 0 Å². The fourth-order valence-corrected chi connectivity index (χ4v) is 1.90. The highest BCUT2D eigenvalue weighted by molar-refractivity contribution is 6.30. The lowest BCUT2D eigenvalue weighted by atomic mass is 10.1. The Hall–Kier alpha value is -1.55. The summed E-state index contributed by atoms with van der Waals surface area (Å²) < 4.78 is 4.61. The lowest BCUT2D eigenvalue weighted by molar-refractivity contribution is -0.142. The van der Waals surface area contributed by atoms with Crippen LogP contribution in [0, 0.1) is 5.92 Å². The Balaban J connectivity index is 2.74. The summed E-state index contributed by atoms with van der Waals surface area (Å²) in [5, 5.41) is 0.657. The van der Waals surface area contributed by atoms with Crippen LogP contribution in [0.5, 0.6) is 0 Å². The number of hydrogen-bond donors (Lipinski definition) is 0. The summed E-state index contributed by atoms with van der Waals surface area (Å²) in [5.74, 6) is -0.411. The number of carbonyl (C=O) groups excluding carboxylic acids is 2. The molecular weight excluding hydrogens is 278 g/mol. The predicted molar refractivity (Wildman–Crippen MR) is 78.3 cm³/mol. The highest BCUT2D eigenvalue weighted by Crippen LogP contribution is 2.13. The van der Waals surface area contributed by atoms with E-state index in [1.165, 1.54) is 7.11 Å². The second-order valence-corrected chi connectivity index (χ2v) is 5.30. The maximum absolute atomic E-state index is 12.2. The fourth-order valence-electron chi connectivity index (χ4n) is 1.77. The number of halogens is 1. The molecule has 20 heavy (non-hydrogen) atoms. The van der Waals surface area contributed by atoms with Gasteiger partial charge >= 0.3 is 5.97 Å². The third-order valence-corrected chi connectivity index (χ3v) is 3.16. The van der Waals surface area contributed by atoms with Gasteiger partial charge in [0.2, 0.25) is 5.91 Å². The first-order valence-electron chi connectivity index (χ1n) is 6.54. The summed E-state index contributed by atoms with van der Waals surface area (Å²) in [6.45, 7) is 4.50. The molecule has 0 saturated carbocycles. The Bertz CT molecular complexity index is 457. The summed E-state index contributed by atoms with van der Waals surface area (Å²) in [5.41, 5.74) is 0.980. The van der Waals surface area contributed by atoms with Crippen LogP contribution in [-0.4, -0.2) is 30.4 Å². The van der Waals surface area contributed by atoms with Gasteiger partial charge in [0, 0.05) is 24.0 Å². The molecule has 1 aromatic rings. The summed E-state index contributed by atoms with van der Waals surface area (Å²) in [6, 6.07) is 7.33. The van der Waals surface area contributed by atoms with E-state index in [1.807, 2.05) is 26.0 Å². The third-order valence-electron chi connectivity index (χ3n) is 2.91. The minimum Gasteiger partial charge on any atom is -0.469 e. The van der Waals surface area contributed by atoms with Crippen molar-refractivity contribution >= 4 is 23.5 Å². The number of carbonyl (C=O) groups is 2. The summed E-state index contributed by atoms with van der Waals surface area (Å²) in [6.07, 6.45) is 0.197. The number of benzene rings is 1. The van der Waals surface area contributed by atoms with Crippen molar-refractivity contribution in [2.75, 3.05) is 13.7 Å². The SMILES string of the molecule is COC(=O)CCN(Cc1ccc(Cl)cc1)C(=O)C(C)C. The lowest BCUT2D eigenvalue weighted by Crippen LogP contribution is -2.35. The zero-order chi connectivity index (χ0) is 15.1. The van der Waals surface area contributed by atoms with E-state index in [-0.39, 0.29) is 24.2 Å². The molecule has 0 saturated heterocycles. The second kappa shape index (κ2) is 7.90. The lowest BCUT2D eigenvalue weighted by Gasteiger charge is -2.24. The Morgan fingerprint density at radius 2 is 1.85 bits per heavy atom. The van der Waals surface area contributed by atoms with E-state index in [2.05, 4.69) is 4.74 Å². The van der Waals surface area contributed by atoms with Crippen molar-refractivity contribution in [2.45, 2.75) is 26.8 Å². The monoisotopic (exact) mass is 297 g/mol. The van der Waals surface area contributed by atoms with Gasteiger partial charge in [-0.15, -0.1) is 0 Å². The van der Waals surface area contributed by atoms with Crippen LogP contribution in [0.3, 0.4) is 0 Å². The van der Waals surface area contributed by atoms with E-state index < -0.39 is 0 Å². The minimum absolute atomic E-state index is 0.0175. The van der Waals surface area contributed by atoms with Gasteiger partial charge in [-0.1, -0.05) is 37.6 Å². The molecule has 0 aromatic heterocycles. The van der Waals surface area contributed by atoms with Crippen molar-refractivity contribution < 1.29 is 14.3 Å². The molecule has 0 atom stereocenters. The van der Waals surface area contributed by atoms with Crippen molar-refractivity contribution in [3.63, 3.8) is 0 Å². The quantitative estimate of drug-likeness (QED) is 0.759. The van der Waals surface area contributed by atoms with Gasteiger partial charge in [0.1, 0.15) is 0 Å². The number of rotatable bonds is 6. The first-order valence-corrected chi connectivity index (χ1v) is 6.92. The number of hydrogen-bond acceptors (Lipinski definition) is 3. The normalized spacial score (nSPS) is 10.4. The first kappa shape index (κ1) is 16.5. The average Bonchev–Trinajstić information content (AvgIpc) is 2.44. The van der Waals surface area contributed by atoms with E-state index in [1.54, 1.807) is 17.0 Å². The molecule has 0 bridgehead atoms. The molecule has 0 radical (unpaired) electrons. The van der Waals surface area contributed by atoms with Crippen molar-refractivity contribution in [3.05, 3.63) is 34.9 Å². The zero-order valence-corrected chi connectivity index (χ0v) is 12.8. The molecule has 0 unspecified atom stereocenters. The Kier molecular flexibility index (Phi) is 6.52. The number of esters is 1. The maximum Gasteiger partial charge on any atom is 0.307 e. The Labute approximate surface area is 124 Å². The first-order chi connectivity index (χ1) is 9.43. The van der Waals surface area contributed by atoms with Crippen molar-refractivity contribution in [3.8, 4) is 0 Å². The number of nitrogens with zero attached hydrogens (tertiary/aromatic N) is 1. The van der Waals surface area contributed by atoms with Crippen LogP contribution < -0.4 is 0 Å². The standard InChI is InChI=1S/C15H20ClNO3/c1-11(2)15(19)17(9-8-14(18)20-3)10-12-4-6-13(16)7-5-12/h4-7,11H,8-10H2,1-3H3. The molecule has 0 spiro atoms. The molecule has 0 fully saturated rings. The van der Waals surface area contributed by atoms with Crippen LogP contribution in [0.4, 0.5) is 0 Å². The van der Waals surface area contributed by atoms with E-state index in [0.717, 1.165) is 5.56 Å². The van der Waals surface area contributed by atoms with Crippen molar-refractivity contribution in [2.24, 2.45) is 5.92 Å². The smallest absolute Gasteiger partial charge is 0.307 e. The molecule has 110 valence electrons. The maximum atomic E-state index is 12.2. The van der Waals surface area contributed by atoms with Gasteiger partial charge in [0.15, 0.2) is 0 Å². The summed E-state index contributed by atoms with van der Waals surface area (Å²) in [4.78, 5) is 25.1. The molecule has 1 amide bonds. The molecule has 0 aliphatic rings. The van der Waals surface area contributed by atoms with E-state index in [4.69, 9.17) is 11.6 Å². The van der Waals surface area contributed by atoms with Crippen LogP contribution in [0.2, 0.25) is 5.02 Å². The number of amides is 1. The summed E-state index contributed by atoms with van der Waals surface area (Å²) in [7, 11) is 1.34. The summed E-state index contributed by atoms with van der Waals surface area (Å²) >= 11 is 5.84. The van der Waals surface area contributed by atoms with E-state index >= 15 is 0 Å². The molecule has 5 heteroatoms. The van der Waals surface area contributed by atoms with Gasteiger partial charge in [0.25, 0.3) is 0 Å². The largest absolute Gasteiger partial charge is 0.469 e. The van der Waals surface area contributed by atoms with Gasteiger partial charge in [-0.05, 0) is 17.7 Å². The van der Waals surface area contributed by atoms with E-state index in [0.29, 0.717) is 18.1 Å². The fraction of sp³-hybridized carbons (Fsp3) is 0.467. The molecule has 0 heterocycles. The molecule has 4 nitrogen and oxygen atoms in total. The minimum atomic E-state index is -0.317. The van der Waals surface area contributed by atoms with Crippen molar-refractivity contribution in [1.82, 2.24) is 4.90 Å². The van der Waals surface area contributed by atoms with Gasteiger partial charge in [-0.25, -0.2) is 0 Å². The predicted octanol–water partition coefficient (Wildman–Crippen LogP) is 2.89. The van der Waals surface area contributed by atoms with E-state index in [9.17, 15) is 9.59 Å². The van der Waals surface area contributed by atoms with Crippen LogP contribution >= 0.6 is 11.6 Å². The third kappa shape index (κ3) is 5.21. The van der Waals surface area contributed by atoms with Gasteiger partial charge in [-0.3, -0.25) is 9.59 Å². The molecule has 1 aromatic carbocycles. The van der Waals surface area contributed by atoms with Gasteiger partial charge in [-0.2, -0.15) is 0 Å². The van der Waals surface area contributed by atoms with Crippen LogP contribution in [0.15, 0.2) is 24.3 Å². The average molecular weight is 298 g/mol. The molecular formula is C15H20ClNO3. The molecule has 0 aliphatic carbocycles. The van der Waals surface area contributed by atoms with Gasteiger partial charge < -0.3 is 9.64 Å². The second-order valence-electron chi connectivity index (χ2n) is 4.87. The number of methoxy groups -OCH3 is 1. The molecule has 1 rings (SSSR count). The Morgan fingerprint density at radius 1 is 1.25 bits per heavy atom. The van der Waals surface area contributed by atoms with Crippen LogP contribution in [0.1, 0.15) is 25.8 Å². The number of ether oxygens (including phenoxy) is 1. The van der Waals surface area contributed by atoms with Gasteiger partial charge in [0.05, 0.1) is 13.5 Å². The van der Waals surface area contributed by atoms with Crippen LogP contribution in [0.25, 0.3) is 0 Å². The zero-order valence-electron chi connectivity index (χ0n) is 12.1.